The van der Waals surface area contributed by atoms with Gasteiger partial charge in [0, 0.05) is 50.7 Å². The Hall–Kier alpha value is -3.00. The lowest BCUT2D eigenvalue weighted by molar-refractivity contribution is -0.153. The molecule has 0 unspecified atom stereocenters. The number of nitrogens with zero attached hydrogens (tertiary/aromatic N) is 3. The predicted molar refractivity (Wildman–Crippen MR) is 112 cm³/mol. The number of rotatable bonds is 5. The second-order valence-electron chi connectivity index (χ2n) is 7.76. The molecule has 0 bridgehead atoms. The van der Waals surface area contributed by atoms with Crippen LogP contribution >= 0.6 is 0 Å². The largest absolute Gasteiger partial charge is 0.484 e. The Balaban J connectivity index is 1.31. The van der Waals surface area contributed by atoms with Gasteiger partial charge in [-0.15, -0.1) is 0 Å². The molecular weight excluding hydrogens is 407 g/mol. The molecule has 0 spiro atoms. The highest BCUT2D eigenvalue weighted by Gasteiger charge is 2.28. The third-order valence-corrected chi connectivity index (χ3v) is 5.56. The summed E-state index contributed by atoms with van der Waals surface area (Å²) in [6.07, 6.45) is -4.35. The minimum absolute atomic E-state index is 0.0320. The number of alkyl halides is 3. The summed E-state index contributed by atoms with van der Waals surface area (Å²) in [5.41, 5.74) is 2.71. The van der Waals surface area contributed by atoms with Gasteiger partial charge in [0.1, 0.15) is 11.4 Å². The fourth-order valence-electron chi connectivity index (χ4n) is 3.88. The number of benzene rings is 2. The molecule has 31 heavy (non-hydrogen) atoms. The molecule has 2 aromatic carbocycles. The Morgan fingerprint density at radius 1 is 1.00 bits per heavy atom. The van der Waals surface area contributed by atoms with Crippen molar-refractivity contribution in [1.82, 2.24) is 14.4 Å². The highest BCUT2D eigenvalue weighted by Crippen LogP contribution is 2.22. The van der Waals surface area contributed by atoms with Gasteiger partial charge in [-0.25, -0.2) is 0 Å². The highest BCUT2D eigenvalue weighted by atomic mass is 19.4. The topological polar surface area (TPSA) is 37.7 Å². The van der Waals surface area contributed by atoms with Crippen LogP contribution in [0.5, 0.6) is 5.75 Å². The Labute approximate surface area is 178 Å². The number of aromatic nitrogens is 1. The van der Waals surface area contributed by atoms with Crippen molar-refractivity contribution in [3.05, 3.63) is 65.9 Å². The SMILES string of the molecule is Cn1c(C(=O)N2CCN(Cc3ccc(OCC(F)(F)F)cc3)CC2)cc2ccccc21. The third-order valence-electron chi connectivity index (χ3n) is 5.56. The summed E-state index contributed by atoms with van der Waals surface area (Å²) in [4.78, 5) is 17.1. The smallest absolute Gasteiger partial charge is 0.422 e. The first-order valence-electron chi connectivity index (χ1n) is 10.1. The molecule has 1 amide bonds. The van der Waals surface area contributed by atoms with Gasteiger partial charge in [-0.05, 0) is 29.8 Å². The van der Waals surface area contributed by atoms with E-state index in [4.69, 9.17) is 4.74 Å². The van der Waals surface area contributed by atoms with Crippen LogP contribution in [0, 0.1) is 0 Å². The second kappa shape index (κ2) is 8.63. The summed E-state index contributed by atoms with van der Waals surface area (Å²) in [6, 6.07) is 16.5. The van der Waals surface area contributed by atoms with Gasteiger partial charge < -0.3 is 14.2 Å². The van der Waals surface area contributed by atoms with Crippen molar-refractivity contribution in [3.8, 4) is 5.75 Å². The van der Waals surface area contributed by atoms with E-state index in [-0.39, 0.29) is 11.7 Å². The summed E-state index contributed by atoms with van der Waals surface area (Å²) in [5, 5.41) is 1.05. The number of carbonyl (C=O) groups excluding carboxylic acids is 1. The molecule has 1 fully saturated rings. The lowest BCUT2D eigenvalue weighted by atomic mass is 10.2. The Morgan fingerprint density at radius 3 is 2.32 bits per heavy atom. The van der Waals surface area contributed by atoms with Crippen molar-refractivity contribution in [3.63, 3.8) is 0 Å². The normalized spacial score (nSPS) is 15.4. The Kier molecular flexibility index (Phi) is 5.91. The van der Waals surface area contributed by atoms with E-state index in [1.54, 1.807) is 24.3 Å². The van der Waals surface area contributed by atoms with E-state index in [1.165, 1.54) is 0 Å². The number of hydrogen-bond donors (Lipinski definition) is 0. The zero-order chi connectivity index (χ0) is 22.0. The van der Waals surface area contributed by atoms with Crippen LogP contribution in [0.25, 0.3) is 10.9 Å². The molecule has 2 heterocycles. The number of amides is 1. The van der Waals surface area contributed by atoms with Gasteiger partial charge in [-0.1, -0.05) is 30.3 Å². The van der Waals surface area contributed by atoms with E-state index in [0.29, 0.717) is 25.3 Å². The first-order chi connectivity index (χ1) is 14.8. The lowest BCUT2D eigenvalue weighted by Crippen LogP contribution is -2.48. The van der Waals surface area contributed by atoms with E-state index in [9.17, 15) is 18.0 Å². The molecule has 0 aliphatic carbocycles. The van der Waals surface area contributed by atoms with Gasteiger partial charge in [0.2, 0.25) is 0 Å². The molecule has 4 rings (SSSR count). The Bertz CT molecular complexity index is 1050. The highest BCUT2D eigenvalue weighted by molar-refractivity contribution is 5.98. The predicted octanol–water partition coefficient (Wildman–Crippen LogP) is 4.08. The van der Waals surface area contributed by atoms with E-state index < -0.39 is 12.8 Å². The van der Waals surface area contributed by atoms with Crippen molar-refractivity contribution in [1.29, 1.82) is 0 Å². The fraction of sp³-hybridized carbons (Fsp3) is 0.348. The molecule has 0 atom stereocenters. The molecule has 0 radical (unpaired) electrons. The van der Waals surface area contributed by atoms with Gasteiger partial charge in [-0.3, -0.25) is 9.69 Å². The number of carbonyl (C=O) groups is 1. The summed E-state index contributed by atoms with van der Waals surface area (Å²) in [5.74, 6) is 0.232. The molecule has 164 valence electrons. The van der Waals surface area contributed by atoms with Gasteiger partial charge in [0.15, 0.2) is 6.61 Å². The van der Waals surface area contributed by atoms with Crippen LogP contribution in [-0.4, -0.2) is 59.2 Å². The van der Waals surface area contributed by atoms with Crippen molar-refractivity contribution in [2.24, 2.45) is 7.05 Å². The standard InChI is InChI=1S/C23H24F3N3O2/c1-27-20-5-3-2-4-18(20)14-21(27)22(30)29-12-10-28(11-13-29)15-17-6-8-19(9-7-17)31-16-23(24,25)26/h2-9,14H,10-13,15-16H2,1H3. The maximum Gasteiger partial charge on any atom is 0.422 e. The summed E-state index contributed by atoms with van der Waals surface area (Å²) in [6.45, 7) is 2.12. The van der Waals surface area contributed by atoms with E-state index in [2.05, 4.69) is 4.90 Å². The fourth-order valence-corrected chi connectivity index (χ4v) is 3.88. The maximum atomic E-state index is 13.0. The van der Waals surface area contributed by atoms with Crippen molar-refractivity contribution in [2.45, 2.75) is 12.7 Å². The minimum Gasteiger partial charge on any atom is -0.484 e. The zero-order valence-corrected chi connectivity index (χ0v) is 17.2. The molecule has 1 aliphatic heterocycles. The van der Waals surface area contributed by atoms with Gasteiger partial charge in [-0.2, -0.15) is 13.2 Å². The number of aryl methyl sites for hydroxylation is 1. The summed E-state index contributed by atoms with van der Waals surface area (Å²) in [7, 11) is 1.91. The van der Waals surface area contributed by atoms with E-state index in [1.807, 2.05) is 46.8 Å². The van der Waals surface area contributed by atoms with E-state index in [0.717, 1.165) is 29.6 Å². The quantitative estimate of drug-likeness (QED) is 0.611. The molecule has 0 N–H and O–H groups in total. The molecular formula is C23H24F3N3O2. The van der Waals surface area contributed by atoms with Gasteiger partial charge in [0.05, 0.1) is 0 Å². The number of fused-ring (bicyclic) bond motifs is 1. The van der Waals surface area contributed by atoms with Gasteiger partial charge >= 0.3 is 6.18 Å². The first kappa shape index (κ1) is 21.2. The number of ether oxygens (including phenoxy) is 1. The van der Waals surface area contributed by atoms with Crippen LogP contribution < -0.4 is 4.74 Å². The molecule has 1 aromatic heterocycles. The van der Waals surface area contributed by atoms with Crippen molar-refractivity contribution >= 4 is 16.8 Å². The number of hydrogen-bond acceptors (Lipinski definition) is 3. The third kappa shape index (κ3) is 5.02. The number of para-hydroxylation sites is 1. The van der Waals surface area contributed by atoms with Crippen molar-refractivity contribution < 1.29 is 22.7 Å². The lowest BCUT2D eigenvalue weighted by Gasteiger charge is -2.34. The average Bonchev–Trinajstić information content (AvgIpc) is 3.09. The summed E-state index contributed by atoms with van der Waals surface area (Å²) < 4.78 is 43.4. The van der Waals surface area contributed by atoms with Crippen LogP contribution in [-0.2, 0) is 13.6 Å². The maximum absolute atomic E-state index is 13.0. The Morgan fingerprint density at radius 2 is 1.68 bits per heavy atom. The molecule has 3 aromatic rings. The van der Waals surface area contributed by atoms with Crippen LogP contribution in [0.2, 0.25) is 0 Å². The number of piperazine rings is 1. The number of halogens is 3. The molecule has 5 nitrogen and oxygen atoms in total. The zero-order valence-electron chi connectivity index (χ0n) is 17.2. The second-order valence-corrected chi connectivity index (χ2v) is 7.76. The molecule has 0 saturated carbocycles. The summed E-state index contributed by atoms with van der Waals surface area (Å²) >= 11 is 0. The van der Waals surface area contributed by atoms with Crippen molar-refractivity contribution in [2.75, 3.05) is 32.8 Å². The minimum atomic E-state index is -4.35. The molecule has 1 aliphatic rings. The first-order valence-corrected chi connectivity index (χ1v) is 10.1. The molecule has 1 saturated heterocycles. The van der Waals surface area contributed by atoms with E-state index >= 15 is 0 Å². The molecule has 8 heteroatoms. The monoisotopic (exact) mass is 431 g/mol. The van der Waals surface area contributed by atoms with Crippen LogP contribution in [0.15, 0.2) is 54.6 Å². The van der Waals surface area contributed by atoms with Crippen LogP contribution in [0.1, 0.15) is 16.1 Å². The van der Waals surface area contributed by atoms with Crippen LogP contribution in [0.3, 0.4) is 0 Å². The van der Waals surface area contributed by atoms with Crippen LogP contribution in [0.4, 0.5) is 13.2 Å². The van der Waals surface area contributed by atoms with Gasteiger partial charge in [0.25, 0.3) is 5.91 Å². The average molecular weight is 431 g/mol.